The van der Waals surface area contributed by atoms with Crippen LogP contribution in [0.15, 0.2) is 24.3 Å². The van der Waals surface area contributed by atoms with Gasteiger partial charge in [0, 0.05) is 18.1 Å². The number of hydrogen-bond acceptors (Lipinski definition) is 4. The molecule has 7 heteroatoms. The second-order valence-electron chi connectivity index (χ2n) is 5.19. The lowest BCUT2D eigenvalue weighted by molar-refractivity contribution is 0.0943. The molecule has 0 aliphatic rings. The van der Waals surface area contributed by atoms with Crippen molar-refractivity contribution in [2.24, 2.45) is 0 Å². The summed E-state index contributed by atoms with van der Waals surface area (Å²) in [4.78, 5) is 15.9. The number of aromatic nitrogens is 3. The van der Waals surface area contributed by atoms with Gasteiger partial charge in [0.1, 0.15) is 0 Å². The number of likely N-dealkylation sites (N-methyl/N-ethyl adjacent to an activating group) is 1. The van der Waals surface area contributed by atoms with E-state index in [4.69, 9.17) is 11.6 Å². The third-order valence-corrected chi connectivity index (χ3v) is 3.88. The molecule has 0 fully saturated rings. The first-order chi connectivity index (χ1) is 11.0. The first-order valence-corrected chi connectivity index (χ1v) is 8.13. The Kier molecular flexibility index (Phi) is 6.12. The highest BCUT2D eigenvalue weighted by atomic mass is 35.5. The summed E-state index contributed by atoms with van der Waals surface area (Å²) in [5.41, 5.74) is 1.65. The number of rotatable bonds is 7. The van der Waals surface area contributed by atoms with Gasteiger partial charge in [0.05, 0.1) is 11.4 Å². The molecule has 1 heterocycles. The maximum atomic E-state index is 12.3. The zero-order valence-corrected chi connectivity index (χ0v) is 14.5. The van der Waals surface area contributed by atoms with Crippen molar-refractivity contribution in [2.45, 2.75) is 20.8 Å². The summed E-state index contributed by atoms with van der Waals surface area (Å²) in [5.74, 6) is -0.206. The van der Waals surface area contributed by atoms with Crippen LogP contribution in [0, 0.1) is 6.92 Å². The van der Waals surface area contributed by atoms with Crippen LogP contribution in [0.4, 0.5) is 0 Å². The number of halogens is 1. The molecule has 124 valence electrons. The smallest absolute Gasteiger partial charge is 0.273 e. The molecular formula is C16H22ClN5O. The summed E-state index contributed by atoms with van der Waals surface area (Å²) in [5, 5.41) is 12.1. The molecule has 23 heavy (non-hydrogen) atoms. The molecule has 0 unspecified atom stereocenters. The van der Waals surface area contributed by atoms with Crippen LogP contribution < -0.4 is 5.32 Å². The molecule has 1 amide bonds. The lowest BCUT2D eigenvalue weighted by Gasteiger charge is -2.17. The number of aryl methyl sites for hydroxylation is 1. The highest BCUT2D eigenvalue weighted by molar-refractivity contribution is 6.30. The molecule has 0 spiro atoms. The van der Waals surface area contributed by atoms with Crippen LogP contribution >= 0.6 is 11.6 Å². The minimum absolute atomic E-state index is 0.206. The quantitative estimate of drug-likeness (QED) is 0.843. The molecule has 1 N–H and O–H groups in total. The molecule has 2 rings (SSSR count). The number of carbonyl (C=O) groups excluding carboxylic acids is 1. The van der Waals surface area contributed by atoms with E-state index in [1.165, 1.54) is 4.80 Å². The Balaban J connectivity index is 2.04. The van der Waals surface area contributed by atoms with Crippen LogP contribution in [0.1, 0.15) is 30.0 Å². The molecule has 0 radical (unpaired) electrons. The van der Waals surface area contributed by atoms with Crippen LogP contribution in [-0.2, 0) is 0 Å². The molecule has 0 atom stereocenters. The molecule has 0 aliphatic carbocycles. The zero-order chi connectivity index (χ0) is 16.8. The third kappa shape index (κ3) is 4.53. The third-order valence-electron chi connectivity index (χ3n) is 3.64. The molecular weight excluding hydrogens is 314 g/mol. The van der Waals surface area contributed by atoms with Gasteiger partial charge < -0.3 is 10.2 Å². The molecule has 0 saturated carbocycles. The summed E-state index contributed by atoms with van der Waals surface area (Å²) in [6, 6.07) is 7.19. The fraction of sp³-hybridized carbons (Fsp3) is 0.438. The molecule has 1 aromatic heterocycles. The van der Waals surface area contributed by atoms with Crippen LogP contribution in [0.3, 0.4) is 0 Å². The fourth-order valence-electron chi connectivity index (χ4n) is 2.26. The number of nitrogens with one attached hydrogen (secondary N) is 1. The van der Waals surface area contributed by atoms with E-state index in [2.05, 4.69) is 34.3 Å². The second-order valence-corrected chi connectivity index (χ2v) is 5.62. The minimum atomic E-state index is -0.206. The maximum Gasteiger partial charge on any atom is 0.273 e. The molecule has 2 aromatic rings. The van der Waals surface area contributed by atoms with Gasteiger partial charge in [-0.2, -0.15) is 9.90 Å². The molecule has 0 bridgehead atoms. The van der Waals surface area contributed by atoms with Crippen molar-refractivity contribution in [3.05, 3.63) is 40.7 Å². The number of carbonyl (C=O) groups is 1. The van der Waals surface area contributed by atoms with Crippen LogP contribution in [0.5, 0.6) is 0 Å². The van der Waals surface area contributed by atoms with Gasteiger partial charge in [0.15, 0.2) is 5.69 Å². The van der Waals surface area contributed by atoms with E-state index < -0.39 is 0 Å². The van der Waals surface area contributed by atoms with Gasteiger partial charge in [-0.15, -0.1) is 5.10 Å². The van der Waals surface area contributed by atoms with E-state index in [1.807, 2.05) is 12.1 Å². The van der Waals surface area contributed by atoms with E-state index in [-0.39, 0.29) is 5.91 Å². The van der Waals surface area contributed by atoms with E-state index in [0.717, 1.165) is 25.3 Å². The average molecular weight is 336 g/mol. The van der Waals surface area contributed by atoms with Crippen LogP contribution in [0.25, 0.3) is 5.69 Å². The Hall–Kier alpha value is -1.92. The standard InChI is InChI=1S/C16H22ClN5O/c1-4-21(5-2)10-9-18-16(23)15-12(3)19-22(20-15)14-8-6-7-13(17)11-14/h6-8,11H,4-5,9-10H2,1-3H3,(H,18,23). The van der Waals surface area contributed by atoms with Crippen molar-refractivity contribution in [1.29, 1.82) is 0 Å². The van der Waals surface area contributed by atoms with Gasteiger partial charge in [0.2, 0.25) is 0 Å². The van der Waals surface area contributed by atoms with E-state index >= 15 is 0 Å². The first kappa shape index (κ1) is 17.4. The van der Waals surface area contributed by atoms with Crippen LogP contribution in [0.2, 0.25) is 5.02 Å². The average Bonchev–Trinajstić information content (AvgIpc) is 2.93. The Labute approximate surface area is 141 Å². The van der Waals surface area contributed by atoms with Crippen molar-refractivity contribution in [3.8, 4) is 5.69 Å². The number of benzene rings is 1. The van der Waals surface area contributed by atoms with Crippen molar-refractivity contribution in [2.75, 3.05) is 26.2 Å². The lowest BCUT2D eigenvalue weighted by atomic mass is 10.3. The van der Waals surface area contributed by atoms with Gasteiger partial charge in [-0.05, 0) is 38.2 Å². The maximum absolute atomic E-state index is 12.3. The van der Waals surface area contributed by atoms with Gasteiger partial charge in [-0.25, -0.2) is 0 Å². The summed E-state index contributed by atoms with van der Waals surface area (Å²) >= 11 is 5.98. The first-order valence-electron chi connectivity index (χ1n) is 7.75. The van der Waals surface area contributed by atoms with E-state index in [0.29, 0.717) is 23.0 Å². The molecule has 6 nitrogen and oxygen atoms in total. The van der Waals surface area contributed by atoms with Crippen molar-refractivity contribution in [3.63, 3.8) is 0 Å². The topological polar surface area (TPSA) is 63.1 Å². The summed E-state index contributed by atoms with van der Waals surface area (Å²) in [6.45, 7) is 9.32. The normalized spacial score (nSPS) is 11.0. The Morgan fingerprint density at radius 3 is 2.70 bits per heavy atom. The number of amides is 1. The minimum Gasteiger partial charge on any atom is -0.349 e. The Morgan fingerprint density at radius 2 is 2.04 bits per heavy atom. The number of nitrogens with zero attached hydrogens (tertiary/aromatic N) is 4. The van der Waals surface area contributed by atoms with Gasteiger partial charge in [-0.1, -0.05) is 31.5 Å². The van der Waals surface area contributed by atoms with E-state index in [1.54, 1.807) is 19.1 Å². The second kappa shape index (κ2) is 8.08. The molecule has 0 saturated heterocycles. The van der Waals surface area contributed by atoms with Crippen molar-refractivity contribution < 1.29 is 4.79 Å². The largest absolute Gasteiger partial charge is 0.349 e. The van der Waals surface area contributed by atoms with Gasteiger partial charge >= 0.3 is 0 Å². The highest BCUT2D eigenvalue weighted by Gasteiger charge is 2.16. The zero-order valence-electron chi connectivity index (χ0n) is 13.7. The van der Waals surface area contributed by atoms with Gasteiger partial charge in [-0.3, -0.25) is 4.79 Å². The van der Waals surface area contributed by atoms with Crippen molar-refractivity contribution >= 4 is 17.5 Å². The Bertz CT molecular complexity index is 666. The summed E-state index contributed by atoms with van der Waals surface area (Å²) in [7, 11) is 0. The lowest BCUT2D eigenvalue weighted by Crippen LogP contribution is -2.35. The molecule has 0 aliphatic heterocycles. The van der Waals surface area contributed by atoms with Crippen molar-refractivity contribution in [1.82, 2.24) is 25.2 Å². The Morgan fingerprint density at radius 1 is 1.30 bits per heavy atom. The fourth-order valence-corrected chi connectivity index (χ4v) is 2.44. The predicted octanol–water partition coefficient (Wildman–Crippen LogP) is 2.30. The summed E-state index contributed by atoms with van der Waals surface area (Å²) < 4.78 is 0. The SMILES string of the molecule is CCN(CC)CCNC(=O)c1nn(-c2cccc(Cl)c2)nc1C. The summed E-state index contributed by atoms with van der Waals surface area (Å²) in [6.07, 6.45) is 0. The molecule has 1 aromatic carbocycles. The monoisotopic (exact) mass is 335 g/mol. The predicted molar refractivity (Wildman–Crippen MR) is 91.2 cm³/mol. The van der Waals surface area contributed by atoms with Crippen LogP contribution in [-0.4, -0.2) is 52.0 Å². The van der Waals surface area contributed by atoms with E-state index in [9.17, 15) is 4.79 Å². The number of hydrogen-bond donors (Lipinski definition) is 1. The highest BCUT2D eigenvalue weighted by Crippen LogP contribution is 2.14. The van der Waals surface area contributed by atoms with Gasteiger partial charge in [0.25, 0.3) is 5.91 Å².